The van der Waals surface area contributed by atoms with Gasteiger partial charge >= 0.3 is 6.18 Å². The number of pyridine rings is 1. The highest BCUT2D eigenvalue weighted by atomic mass is 19.4. The Balaban J connectivity index is 1.64. The van der Waals surface area contributed by atoms with Gasteiger partial charge in [-0.1, -0.05) is 0 Å². The molecule has 0 saturated carbocycles. The zero-order valence-corrected chi connectivity index (χ0v) is 18.2. The minimum Gasteiger partial charge on any atom is -0.383 e. The lowest BCUT2D eigenvalue weighted by atomic mass is 9.93. The second-order valence-electron chi connectivity index (χ2n) is 8.22. The van der Waals surface area contributed by atoms with Crippen LogP contribution < -0.4 is 5.32 Å². The van der Waals surface area contributed by atoms with Crippen molar-refractivity contribution >= 4 is 22.6 Å². The van der Waals surface area contributed by atoms with Gasteiger partial charge in [-0.25, -0.2) is 19.5 Å². The van der Waals surface area contributed by atoms with Crippen LogP contribution in [0.1, 0.15) is 19.7 Å². The van der Waals surface area contributed by atoms with Crippen LogP contribution in [0.4, 0.5) is 19.1 Å². The van der Waals surface area contributed by atoms with Crippen LogP contribution in [0.2, 0.25) is 0 Å². The Morgan fingerprint density at radius 1 is 1.12 bits per heavy atom. The number of ether oxygens (including phenoxy) is 1. The van der Waals surface area contributed by atoms with Gasteiger partial charge in [0.15, 0.2) is 5.65 Å². The molecular formula is C21H24F3N7O. The summed E-state index contributed by atoms with van der Waals surface area (Å²) >= 11 is 0. The van der Waals surface area contributed by atoms with Crippen molar-refractivity contribution in [2.45, 2.75) is 33.5 Å². The highest BCUT2D eigenvalue weighted by Crippen LogP contribution is 2.37. The Labute approximate surface area is 182 Å². The highest BCUT2D eigenvalue weighted by Gasteiger charge is 2.47. The summed E-state index contributed by atoms with van der Waals surface area (Å²) in [6.45, 7) is 5.03. The minimum absolute atomic E-state index is 0.119. The van der Waals surface area contributed by atoms with E-state index in [1.54, 1.807) is 24.0 Å². The monoisotopic (exact) mass is 447 g/mol. The van der Waals surface area contributed by atoms with Gasteiger partial charge in [0.05, 0.1) is 29.4 Å². The first-order valence-electron chi connectivity index (χ1n) is 10.1. The predicted molar refractivity (Wildman–Crippen MR) is 114 cm³/mol. The third kappa shape index (κ3) is 3.99. The number of nitrogens with one attached hydrogen (secondary N) is 1. The van der Waals surface area contributed by atoms with Crippen molar-refractivity contribution in [1.82, 2.24) is 29.1 Å². The van der Waals surface area contributed by atoms with Gasteiger partial charge < -0.3 is 14.6 Å². The Morgan fingerprint density at radius 3 is 2.62 bits per heavy atom. The Bertz CT molecular complexity index is 1260. The number of anilines is 1. The van der Waals surface area contributed by atoms with Gasteiger partial charge in [0, 0.05) is 32.0 Å². The summed E-state index contributed by atoms with van der Waals surface area (Å²) in [6.07, 6.45) is -1.03. The normalized spacial score (nSPS) is 12.7. The molecule has 11 heteroatoms. The largest absolute Gasteiger partial charge is 0.395 e. The van der Waals surface area contributed by atoms with E-state index in [0.29, 0.717) is 18.7 Å². The summed E-state index contributed by atoms with van der Waals surface area (Å²) in [5.74, 6) is 0.970. The second-order valence-corrected chi connectivity index (χ2v) is 8.22. The number of hydrogen-bond donors (Lipinski definition) is 1. The first-order valence-corrected chi connectivity index (χ1v) is 10.1. The zero-order valence-electron chi connectivity index (χ0n) is 18.2. The number of nitrogens with zero attached hydrogens (tertiary/aromatic N) is 6. The van der Waals surface area contributed by atoms with E-state index in [1.165, 1.54) is 0 Å². The summed E-state index contributed by atoms with van der Waals surface area (Å²) in [6, 6.07) is 5.64. The maximum Gasteiger partial charge on any atom is 0.395 e. The number of rotatable bonds is 7. The van der Waals surface area contributed by atoms with E-state index in [-0.39, 0.29) is 12.5 Å². The van der Waals surface area contributed by atoms with E-state index in [9.17, 15) is 13.2 Å². The van der Waals surface area contributed by atoms with Crippen LogP contribution in [0.25, 0.3) is 27.9 Å². The molecule has 0 aliphatic rings. The quantitative estimate of drug-likeness (QED) is 0.460. The summed E-state index contributed by atoms with van der Waals surface area (Å²) in [5, 5.41) is 6.98. The summed E-state index contributed by atoms with van der Waals surface area (Å²) in [7, 11) is 1.65. The standard InChI is InChI=1S/C21H24F3N7O/c1-13-27-16-6-5-15(28-18(16)30(13)9-10-32-4)14-7-8-31-17(14)11-25-19(29-31)26-12-20(2,3)21(22,23)24/h5-8,11H,9-10,12H2,1-4H3,(H,26,29). The molecule has 0 aromatic carbocycles. The molecule has 0 amide bonds. The third-order valence-electron chi connectivity index (χ3n) is 5.45. The molecule has 4 rings (SSSR count). The Morgan fingerprint density at radius 2 is 1.91 bits per heavy atom. The molecule has 1 N–H and O–H groups in total. The fraction of sp³-hybridized carbons (Fsp3) is 0.429. The topological polar surface area (TPSA) is 82.2 Å². The molecule has 0 unspecified atom stereocenters. The predicted octanol–water partition coefficient (Wildman–Crippen LogP) is 4.10. The Hall–Kier alpha value is -3.21. The van der Waals surface area contributed by atoms with Crippen LogP contribution in [0.15, 0.2) is 30.6 Å². The molecule has 0 bridgehead atoms. The second kappa shape index (κ2) is 8.05. The van der Waals surface area contributed by atoms with E-state index >= 15 is 0 Å². The zero-order chi connectivity index (χ0) is 23.1. The summed E-state index contributed by atoms with van der Waals surface area (Å²) in [4.78, 5) is 13.5. The van der Waals surface area contributed by atoms with Gasteiger partial charge in [0.1, 0.15) is 11.3 Å². The number of hydrogen-bond acceptors (Lipinski definition) is 6. The smallest absolute Gasteiger partial charge is 0.383 e. The first kappa shape index (κ1) is 22.0. The van der Waals surface area contributed by atoms with E-state index in [2.05, 4.69) is 20.4 Å². The van der Waals surface area contributed by atoms with Gasteiger partial charge in [-0.3, -0.25) is 0 Å². The molecule has 8 nitrogen and oxygen atoms in total. The Kier molecular flexibility index (Phi) is 5.53. The van der Waals surface area contributed by atoms with Crippen molar-refractivity contribution < 1.29 is 17.9 Å². The third-order valence-corrected chi connectivity index (χ3v) is 5.45. The molecule has 0 aliphatic heterocycles. The number of aryl methyl sites for hydroxylation is 1. The highest BCUT2D eigenvalue weighted by molar-refractivity contribution is 5.82. The summed E-state index contributed by atoms with van der Waals surface area (Å²) in [5.41, 5.74) is 1.87. The lowest BCUT2D eigenvalue weighted by Gasteiger charge is -2.27. The molecule has 4 aromatic rings. The average Bonchev–Trinajstić information content (AvgIpc) is 3.29. The van der Waals surface area contributed by atoms with Crippen LogP contribution in [0.3, 0.4) is 0 Å². The number of alkyl halides is 3. The van der Waals surface area contributed by atoms with Crippen molar-refractivity contribution in [3.63, 3.8) is 0 Å². The van der Waals surface area contributed by atoms with Crippen LogP contribution in [0.5, 0.6) is 0 Å². The van der Waals surface area contributed by atoms with E-state index in [4.69, 9.17) is 9.72 Å². The first-order chi connectivity index (χ1) is 15.1. The molecule has 0 fully saturated rings. The number of fused-ring (bicyclic) bond motifs is 2. The van der Waals surface area contributed by atoms with E-state index < -0.39 is 11.6 Å². The minimum atomic E-state index is -4.33. The van der Waals surface area contributed by atoms with E-state index in [1.807, 2.05) is 29.7 Å². The molecule has 0 radical (unpaired) electrons. The van der Waals surface area contributed by atoms with E-state index in [0.717, 1.165) is 42.1 Å². The molecule has 0 saturated heterocycles. The molecule has 0 spiro atoms. The van der Waals surface area contributed by atoms with Gasteiger partial charge in [0.25, 0.3) is 0 Å². The number of methoxy groups -OCH3 is 1. The molecule has 32 heavy (non-hydrogen) atoms. The molecule has 0 atom stereocenters. The van der Waals surface area contributed by atoms with Gasteiger partial charge in [0.2, 0.25) is 5.95 Å². The fourth-order valence-corrected chi connectivity index (χ4v) is 3.31. The lowest BCUT2D eigenvalue weighted by Crippen LogP contribution is -2.38. The van der Waals surface area contributed by atoms with Crippen molar-refractivity contribution in [2.24, 2.45) is 5.41 Å². The van der Waals surface area contributed by atoms with Crippen molar-refractivity contribution in [3.05, 3.63) is 36.4 Å². The van der Waals surface area contributed by atoms with Crippen molar-refractivity contribution in [3.8, 4) is 11.3 Å². The maximum absolute atomic E-state index is 13.1. The molecule has 170 valence electrons. The molecule has 0 aliphatic carbocycles. The van der Waals surface area contributed by atoms with Crippen molar-refractivity contribution in [2.75, 3.05) is 25.6 Å². The van der Waals surface area contributed by atoms with Gasteiger partial charge in [-0.15, -0.1) is 5.10 Å². The van der Waals surface area contributed by atoms with Crippen LogP contribution >= 0.6 is 0 Å². The number of halogens is 3. The lowest BCUT2D eigenvalue weighted by molar-refractivity contribution is -0.206. The summed E-state index contributed by atoms with van der Waals surface area (Å²) < 4.78 is 48.0. The SMILES string of the molecule is COCCn1c(C)nc2ccc(-c3ccn4nc(NCC(C)(C)C(F)(F)F)ncc34)nc21. The molecular weight excluding hydrogens is 423 g/mol. The van der Waals surface area contributed by atoms with Crippen molar-refractivity contribution in [1.29, 1.82) is 0 Å². The number of imidazole rings is 1. The average molecular weight is 447 g/mol. The number of aromatic nitrogens is 6. The maximum atomic E-state index is 13.1. The fourth-order valence-electron chi connectivity index (χ4n) is 3.31. The van der Waals surface area contributed by atoms with Crippen LogP contribution in [-0.2, 0) is 11.3 Å². The van der Waals surface area contributed by atoms with Crippen LogP contribution in [-0.4, -0.2) is 55.6 Å². The molecule has 4 heterocycles. The van der Waals surface area contributed by atoms with Crippen LogP contribution in [0, 0.1) is 12.3 Å². The van der Waals surface area contributed by atoms with Gasteiger partial charge in [-0.2, -0.15) is 13.2 Å². The molecule has 4 aromatic heterocycles. The van der Waals surface area contributed by atoms with Gasteiger partial charge in [-0.05, 0) is 39.0 Å².